The molecule has 0 bridgehead atoms. The Labute approximate surface area is 207 Å². The molecular formula is C33H21N3. The Hall–Kier alpha value is -4.89. The molecule has 0 spiro atoms. The molecule has 168 valence electrons. The number of aromatic nitrogens is 3. The zero-order valence-corrected chi connectivity index (χ0v) is 19.5. The van der Waals surface area contributed by atoms with Crippen molar-refractivity contribution in [3.05, 3.63) is 128 Å². The first-order valence-corrected chi connectivity index (χ1v) is 12.2. The smallest absolute Gasteiger partial charge is 0.0824 e. The highest BCUT2D eigenvalue weighted by molar-refractivity contribution is 6.27. The summed E-state index contributed by atoms with van der Waals surface area (Å²) in [4.78, 5) is 5.02. The van der Waals surface area contributed by atoms with Crippen molar-refractivity contribution >= 4 is 54.5 Å². The van der Waals surface area contributed by atoms with Gasteiger partial charge in [0.2, 0.25) is 0 Å². The standard InChI is InChI=1S/C33H21N3/c1-3-12-24(13-4-1)35-27-16-9-17-28-31(27)32-29(35)18-19-34-33(32)26-20-22-10-7-8-11-23(22)21-30(26)36(28)25-14-5-2-6-15-25/h1-21H. The van der Waals surface area contributed by atoms with Gasteiger partial charge in [-0.1, -0.05) is 66.7 Å². The number of hydrogen-bond acceptors (Lipinski definition) is 1. The molecule has 0 aliphatic carbocycles. The summed E-state index contributed by atoms with van der Waals surface area (Å²) >= 11 is 0. The fourth-order valence-corrected chi connectivity index (χ4v) is 5.82. The van der Waals surface area contributed by atoms with Gasteiger partial charge in [-0.25, -0.2) is 0 Å². The Bertz CT molecular complexity index is 2080. The van der Waals surface area contributed by atoms with Crippen molar-refractivity contribution < 1.29 is 0 Å². The van der Waals surface area contributed by atoms with Crippen LogP contribution in [0.1, 0.15) is 0 Å². The van der Waals surface area contributed by atoms with Gasteiger partial charge in [-0.2, -0.15) is 0 Å². The summed E-state index contributed by atoms with van der Waals surface area (Å²) in [7, 11) is 0. The third-order valence-corrected chi connectivity index (χ3v) is 7.31. The molecule has 0 fully saturated rings. The molecule has 0 aliphatic heterocycles. The quantitative estimate of drug-likeness (QED) is 0.254. The maximum atomic E-state index is 5.02. The summed E-state index contributed by atoms with van der Waals surface area (Å²) < 4.78 is 4.77. The second-order valence-corrected chi connectivity index (χ2v) is 9.28. The monoisotopic (exact) mass is 459 g/mol. The minimum absolute atomic E-state index is 1.03. The van der Waals surface area contributed by atoms with E-state index in [0.29, 0.717) is 0 Å². The lowest BCUT2D eigenvalue weighted by Crippen LogP contribution is -1.98. The van der Waals surface area contributed by atoms with E-state index in [1.807, 2.05) is 6.20 Å². The molecule has 5 aromatic carbocycles. The van der Waals surface area contributed by atoms with Crippen molar-refractivity contribution in [2.24, 2.45) is 0 Å². The second kappa shape index (κ2) is 7.30. The summed E-state index contributed by atoms with van der Waals surface area (Å²) in [6, 6.07) is 43.3. The Morgan fingerprint density at radius 1 is 0.444 bits per heavy atom. The van der Waals surface area contributed by atoms with Gasteiger partial charge in [-0.05, 0) is 65.4 Å². The van der Waals surface area contributed by atoms with Crippen LogP contribution in [0.4, 0.5) is 0 Å². The second-order valence-electron chi connectivity index (χ2n) is 9.28. The first-order chi connectivity index (χ1) is 17.9. The fourth-order valence-electron chi connectivity index (χ4n) is 5.82. The van der Waals surface area contributed by atoms with Gasteiger partial charge < -0.3 is 9.13 Å². The molecule has 0 atom stereocenters. The zero-order chi connectivity index (χ0) is 23.6. The van der Waals surface area contributed by atoms with Crippen LogP contribution in [-0.2, 0) is 0 Å². The summed E-state index contributed by atoms with van der Waals surface area (Å²) in [5.74, 6) is 0. The van der Waals surface area contributed by atoms with E-state index in [2.05, 4.69) is 130 Å². The molecule has 0 amide bonds. The maximum absolute atomic E-state index is 5.02. The molecule has 3 heteroatoms. The molecule has 0 N–H and O–H groups in total. The SMILES string of the molecule is c1ccc(-n2c3cc4ccccc4cc3c3nccc4c3c3c2cccc3n4-c2ccccc2)cc1. The van der Waals surface area contributed by atoms with Gasteiger partial charge in [0, 0.05) is 33.7 Å². The minimum atomic E-state index is 1.03. The maximum Gasteiger partial charge on any atom is 0.0824 e. The number of benzene rings is 5. The lowest BCUT2D eigenvalue weighted by molar-refractivity contribution is 1.16. The molecule has 0 aliphatic rings. The van der Waals surface area contributed by atoms with Crippen LogP contribution in [0.2, 0.25) is 0 Å². The molecule has 0 unspecified atom stereocenters. The van der Waals surface area contributed by atoms with E-state index >= 15 is 0 Å². The van der Waals surface area contributed by atoms with E-state index in [1.54, 1.807) is 0 Å². The normalized spacial score (nSPS) is 11.9. The van der Waals surface area contributed by atoms with Crippen molar-refractivity contribution in [1.29, 1.82) is 0 Å². The molecule has 8 rings (SSSR count). The number of nitrogens with zero attached hydrogens (tertiary/aromatic N) is 3. The van der Waals surface area contributed by atoms with Crippen molar-refractivity contribution in [2.45, 2.75) is 0 Å². The minimum Gasteiger partial charge on any atom is -0.309 e. The van der Waals surface area contributed by atoms with Crippen LogP contribution < -0.4 is 0 Å². The number of hydrogen-bond donors (Lipinski definition) is 0. The van der Waals surface area contributed by atoms with Crippen LogP contribution >= 0.6 is 0 Å². The first-order valence-electron chi connectivity index (χ1n) is 12.2. The lowest BCUT2D eigenvalue weighted by Gasteiger charge is -2.14. The highest BCUT2D eigenvalue weighted by atomic mass is 15.0. The predicted octanol–water partition coefficient (Wildman–Crippen LogP) is 8.43. The Balaban J connectivity index is 1.73. The zero-order valence-electron chi connectivity index (χ0n) is 19.5. The van der Waals surface area contributed by atoms with Gasteiger partial charge in [0.15, 0.2) is 0 Å². The van der Waals surface area contributed by atoms with E-state index < -0.39 is 0 Å². The highest BCUT2D eigenvalue weighted by Gasteiger charge is 2.20. The molecule has 0 saturated heterocycles. The van der Waals surface area contributed by atoms with Crippen molar-refractivity contribution in [3.8, 4) is 11.4 Å². The number of para-hydroxylation sites is 2. The van der Waals surface area contributed by atoms with Crippen LogP contribution in [-0.4, -0.2) is 14.1 Å². The van der Waals surface area contributed by atoms with Crippen molar-refractivity contribution in [2.75, 3.05) is 0 Å². The van der Waals surface area contributed by atoms with Crippen LogP contribution in [0, 0.1) is 0 Å². The van der Waals surface area contributed by atoms with Crippen molar-refractivity contribution in [3.63, 3.8) is 0 Å². The predicted molar refractivity (Wildman–Crippen MR) is 150 cm³/mol. The lowest BCUT2D eigenvalue weighted by atomic mass is 10.1. The Kier molecular flexibility index (Phi) is 3.94. The van der Waals surface area contributed by atoms with Crippen LogP contribution in [0.3, 0.4) is 0 Å². The molecule has 0 radical (unpaired) electrons. The van der Waals surface area contributed by atoms with E-state index in [9.17, 15) is 0 Å². The van der Waals surface area contributed by atoms with E-state index in [1.165, 1.54) is 38.1 Å². The van der Waals surface area contributed by atoms with Gasteiger partial charge in [0.05, 0.1) is 27.6 Å². The fraction of sp³-hybridized carbons (Fsp3) is 0. The van der Waals surface area contributed by atoms with E-state index in [0.717, 1.165) is 27.8 Å². The van der Waals surface area contributed by atoms with Gasteiger partial charge in [-0.3, -0.25) is 4.98 Å². The highest BCUT2D eigenvalue weighted by Crippen LogP contribution is 2.41. The van der Waals surface area contributed by atoms with Crippen LogP contribution in [0.15, 0.2) is 128 Å². The van der Waals surface area contributed by atoms with Gasteiger partial charge in [-0.15, -0.1) is 0 Å². The van der Waals surface area contributed by atoms with Crippen LogP contribution in [0.25, 0.3) is 65.9 Å². The van der Waals surface area contributed by atoms with Gasteiger partial charge in [0.25, 0.3) is 0 Å². The number of fused-ring (bicyclic) bond motifs is 3. The molecule has 36 heavy (non-hydrogen) atoms. The summed E-state index contributed by atoms with van der Waals surface area (Å²) in [5, 5.41) is 6.00. The third-order valence-electron chi connectivity index (χ3n) is 7.31. The molecular weight excluding hydrogens is 438 g/mol. The largest absolute Gasteiger partial charge is 0.309 e. The van der Waals surface area contributed by atoms with Gasteiger partial charge in [0.1, 0.15) is 0 Å². The Morgan fingerprint density at radius 2 is 1.00 bits per heavy atom. The summed E-state index contributed by atoms with van der Waals surface area (Å²) in [5.41, 5.74) is 7.98. The molecule has 3 heterocycles. The number of pyridine rings is 1. The average molecular weight is 460 g/mol. The van der Waals surface area contributed by atoms with Gasteiger partial charge >= 0.3 is 0 Å². The molecule has 0 saturated carbocycles. The van der Waals surface area contributed by atoms with Crippen LogP contribution in [0.5, 0.6) is 0 Å². The van der Waals surface area contributed by atoms with E-state index in [-0.39, 0.29) is 0 Å². The summed E-state index contributed by atoms with van der Waals surface area (Å²) in [6.07, 6.45) is 1.95. The first kappa shape index (κ1) is 19.4. The molecule has 3 nitrogen and oxygen atoms in total. The molecule has 8 aromatic rings. The van der Waals surface area contributed by atoms with Crippen molar-refractivity contribution in [1.82, 2.24) is 14.1 Å². The number of rotatable bonds is 2. The third kappa shape index (κ3) is 2.60. The topological polar surface area (TPSA) is 22.8 Å². The molecule has 3 aromatic heterocycles. The summed E-state index contributed by atoms with van der Waals surface area (Å²) in [6.45, 7) is 0. The average Bonchev–Trinajstić information content (AvgIpc) is 3.23. The van der Waals surface area contributed by atoms with E-state index in [4.69, 9.17) is 4.98 Å². The Morgan fingerprint density at radius 3 is 1.67 bits per heavy atom.